The maximum absolute atomic E-state index is 9.75. The van der Waals surface area contributed by atoms with Crippen molar-refractivity contribution in [3.8, 4) is 11.5 Å². The Hall–Kier alpha value is -2.92. The lowest BCUT2D eigenvalue weighted by atomic mass is 9.92. The average molecular weight is 335 g/mol. The van der Waals surface area contributed by atoms with Gasteiger partial charge in [-0.15, -0.1) is 0 Å². The van der Waals surface area contributed by atoms with Gasteiger partial charge in [0.2, 0.25) is 0 Å². The van der Waals surface area contributed by atoms with Gasteiger partial charge in [-0.2, -0.15) is 0 Å². The van der Waals surface area contributed by atoms with E-state index in [9.17, 15) is 10.2 Å². The van der Waals surface area contributed by atoms with E-state index < -0.39 is 0 Å². The van der Waals surface area contributed by atoms with E-state index in [0.29, 0.717) is 6.54 Å². The summed E-state index contributed by atoms with van der Waals surface area (Å²) in [4.78, 5) is 6.50. The van der Waals surface area contributed by atoms with E-state index in [1.165, 1.54) is 0 Å². The third-order valence-electron chi connectivity index (χ3n) is 4.85. The van der Waals surface area contributed by atoms with Gasteiger partial charge < -0.3 is 25.9 Å². The molecule has 0 aliphatic heterocycles. The summed E-state index contributed by atoms with van der Waals surface area (Å²) in [6.07, 6.45) is 5.64. The first-order valence-electron chi connectivity index (χ1n) is 8.42. The van der Waals surface area contributed by atoms with E-state index in [1.807, 2.05) is 24.5 Å². The smallest absolute Gasteiger partial charge is 0.116 e. The minimum Gasteiger partial charge on any atom is -0.508 e. The van der Waals surface area contributed by atoms with E-state index in [2.05, 4.69) is 9.97 Å². The summed E-state index contributed by atoms with van der Waals surface area (Å²) in [6.45, 7) is 0.566. The van der Waals surface area contributed by atoms with Crippen molar-refractivity contribution in [2.75, 3.05) is 6.54 Å². The molecule has 0 saturated heterocycles. The van der Waals surface area contributed by atoms with Crippen LogP contribution in [-0.2, 0) is 12.8 Å². The Kier molecular flexibility index (Phi) is 3.86. The first-order chi connectivity index (χ1) is 12.1. The Morgan fingerprint density at radius 1 is 0.800 bits per heavy atom. The second kappa shape index (κ2) is 6.18. The van der Waals surface area contributed by atoms with Crippen molar-refractivity contribution >= 4 is 21.8 Å². The van der Waals surface area contributed by atoms with Crippen LogP contribution in [0.15, 0.2) is 48.8 Å². The fraction of sp³-hybridized carbons (Fsp3) is 0.200. The molecule has 2 aromatic heterocycles. The molecule has 5 heteroatoms. The number of fused-ring (bicyclic) bond motifs is 2. The molecule has 0 unspecified atom stereocenters. The van der Waals surface area contributed by atoms with Gasteiger partial charge in [0, 0.05) is 34.2 Å². The maximum Gasteiger partial charge on any atom is 0.116 e. The summed E-state index contributed by atoms with van der Waals surface area (Å²) in [5.41, 5.74) is 10.4. The van der Waals surface area contributed by atoms with Gasteiger partial charge in [-0.25, -0.2) is 0 Å². The Morgan fingerprint density at radius 3 is 1.72 bits per heavy atom. The number of H-pyrrole nitrogens is 2. The van der Waals surface area contributed by atoms with E-state index in [1.54, 1.807) is 24.3 Å². The molecule has 0 spiro atoms. The topological polar surface area (TPSA) is 98.1 Å². The Bertz CT molecular complexity index is 950. The van der Waals surface area contributed by atoms with Crippen LogP contribution in [0.2, 0.25) is 0 Å². The summed E-state index contributed by atoms with van der Waals surface area (Å²) in [5, 5.41) is 21.6. The minimum absolute atomic E-state index is 0.266. The maximum atomic E-state index is 9.75. The molecule has 0 atom stereocenters. The molecule has 5 nitrogen and oxygen atoms in total. The van der Waals surface area contributed by atoms with Gasteiger partial charge >= 0.3 is 0 Å². The number of nitrogens with one attached hydrogen (secondary N) is 2. The van der Waals surface area contributed by atoms with Gasteiger partial charge in [0.15, 0.2) is 0 Å². The molecule has 128 valence electrons. The van der Waals surface area contributed by atoms with Crippen molar-refractivity contribution in [1.82, 2.24) is 9.97 Å². The van der Waals surface area contributed by atoms with Crippen molar-refractivity contribution in [1.29, 1.82) is 0 Å². The number of phenols is 2. The lowest BCUT2D eigenvalue weighted by molar-refractivity contribution is 0.475. The highest BCUT2D eigenvalue weighted by atomic mass is 16.3. The molecule has 0 saturated carbocycles. The monoisotopic (exact) mass is 335 g/mol. The molecule has 4 rings (SSSR count). The fourth-order valence-electron chi connectivity index (χ4n) is 3.53. The van der Waals surface area contributed by atoms with Crippen LogP contribution in [0.4, 0.5) is 0 Å². The average Bonchev–Trinajstić information content (AvgIpc) is 3.18. The number of aromatic amines is 2. The number of hydrogen-bond acceptors (Lipinski definition) is 3. The van der Waals surface area contributed by atoms with Crippen LogP contribution in [0.1, 0.15) is 11.1 Å². The summed E-state index contributed by atoms with van der Waals surface area (Å²) in [6, 6.07) is 10.7. The number of rotatable bonds is 5. The first-order valence-corrected chi connectivity index (χ1v) is 8.42. The van der Waals surface area contributed by atoms with Gasteiger partial charge in [-0.3, -0.25) is 0 Å². The summed E-state index contributed by atoms with van der Waals surface area (Å²) in [7, 11) is 0. The minimum atomic E-state index is 0.266. The van der Waals surface area contributed by atoms with Gasteiger partial charge in [0.1, 0.15) is 11.5 Å². The number of phenolic OH excluding ortho intramolecular Hbond substituents is 2. The Labute approximate surface area is 145 Å². The molecule has 6 N–H and O–H groups in total. The standard InChI is InChI=1S/C20H21N3O2/c21-9-12(5-13-10-22-19-3-1-15(24)7-17(13)19)6-14-11-23-20-4-2-16(25)8-18(14)20/h1-4,7-8,10-12,22-25H,5-6,9,21H2. The highest BCUT2D eigenvalue weighted by Crippen LogP contribution is 2.28. The number of aromatic nitrogens is 2. The van der Waals surface area contributed by atoms with Crippen molar-refractivity contribution in [3.05, 3.63) is 59.9 Å². The first kappa shape index (κ1) is 15.6. The predicted octanol–water partition coefficient (Wildman–Crippen LogP) is 3.42. The normalized spacial score (nSPS) is 11.8. The molecule has 2 heterocycles. The molecule has 25 heavy (non-hydrogen) atoms. The fourth-order valence-corrected chi connectivity index (χ4v) is 3.53. The number of aromatic hydroxyl groups is 2. The molecule has 0 bridgehead atoms. The van der Waals surface area contributed by atoms with Crippen molar-refractivity contribution < 1.29 is 10.2 Å². The SMILES string of the molecule is NCC(Cc1c[nH]c2ccc(O)cc12)Cc1c[nH]c2ccc(O)cc12. The van der Waals surface area contributed by atoms with Crippen LogP contribution in [0.3, 0.4) is 0 Å². The van der Waals surface area contributed by atoms with E-state index in [0.717, 1.165) is 45.8 Å². The van der Waals surface area contributed by atoms with E-state index >= 15 is 0 Å². The van der Waals surface area contributed by atoms with Crippen LogP contribution >= 0.6 is 0 Å². The zero-order valence-corrected chi connectivity index (χ0v) is 13.8. The van der Waals surface area contributed by atoms with E-state index in [-0.39, 0.29) is 17.4 Å². The Balaban J connectivity index is 1.61. The third-order valence-corrected chi connectivity index (χ3v) is 4.85. The van der Waals surface area contributed by atoms with Gasteiger partial charge in [-0.05, 0) is 72.8 Å². The molecule has 0 aliphatic carbocycles. The zero-order chi connectivity index (χ0) is 17.4. The quantitative estimate of drug-likeness (QED) is 0.386. The molecular weight excluding hydrogens is 314 g/mol. The highest BCUT2D eigenvalue weighted by molar-refractivity contribution is 5.85. The lowest BCUT2D eigenvalue weighted by Gasteiger charge is -2.14. The van der Waals surface area contributed by atoms with Crippen LogP contribution in [-0.4, -0.2) is 26.7 Å². The number of nitrogens with two attached hydrogens (primary N) is 1. The van der Waals surface area contributed by atoms with E-state index in [4.69, 9.17) is 5.73 Å². The largest absolute Gasteiger partial charge is 0.508 e. The summed E-state index contributed by atoms with van der Waals surface area (Å²) >= 11 is 0. The highest BCUT2D eigenvalue weighted by Gasteiger charge is 2.15. The zero-order valence-electron chi connectivity index (χ0n) is 13.8. The predicted molar refractivity (Wildman–Crippen MR) is 99.9 cm³/mol. The molecule has 0 aliphatic rings. The number of hydrogen-bond donors (Lipinski definition) is 5. The van der Waals surface area contributed by atoms with Crippen molar-refractivity contribution in [3.63, 3.8) is 0 Å². The van der Waals surface area contributed by atoms with Crippen LogP contribution in [0, 0.1) is 5.92 Å². The van der Waals surface area contributed by atoms with Crippen LogP contribution in [0.5, 0.6) is 11.5 Å². The van der Waals surface area contributed by atoms with Crippen molar-refractivity contribution in [2.24, 2.45) is 11.7 Å². The van der Waals surface area contributed by atoms with Gasteiger partial charge in [-0.1, -0.05) is 0 Å². The summed E-state index contributed by atoms with van der Waals surface area (Å²) < 4.78 is 0. The second-order valence-electron chi connectivity index (χ2n) is 6.60. The molecule has 2 aromatic carbocycles. The lowest BCUT2D eigenvalue weighted by Crippen LogP contribution is -2.19. The molecule has 4 aromatic rings. The van der Waals surface area contributed by atoms with Crippen molar-refractivity contribution in [2.45, 2.75) is 12.8 Å². The summed E-state index contributed by atoms with van der Waals surface area (Å²) in [5.74, 6) is 0.803. The van der Waals surface area contributed by atoms with Gasteiger partial charge in [0.05, 0.1) is 0 Å². The molecule has 0 radical (unpaired) electrons. The second-order valence-corrected chi connectivity index (χ2v) is 6.60. The van der Waals surface area contributed by atoms with Crippen LogP contribution in [0.25, 0.3) is 21.8 Å². The molecule has 0 fully saturated rings. The molecule has 0 amide bonds. The van der Waals surface area contributed by atoms with Crippen LogP contribution < -0.4 is 5.73 Å². The van der Waals surface area contributed by atoms with Gasteiger partial charge in [0.25, 0.3) is 0 Å². The number of benzene rings is 2. The third kappa shape index (κ3) is 2.94. The Morgan fingerprint density at radius 2 is 1.28 bits per heavy atom. The molecular formula is C20H21N3O2.